The van der Waals surface area contributed by atoms with E-state index in [-0.39, 0.29) is 12.0 Å². The minimum atomic E-state index is 0.00741. The van der Waals surface area contributed by atoms with Gasteiger partial charge >= 0.3 is 0 Å². The number of para-hydroxylation sites is 3. The maximum atomic E-state index is 6.92. The highest BCUT2D eigenvalue weighted by molar-refractivity contribution is 6.14. The zero-order chi connectivity index (χ0) is 33.5. The van der Waals surface area contributed by atoms with Crippen LogP contribution in [-0.2, 0) is 0 Å². The predicted octanol–water partition coefficient (Wildman–Crippen LogP) is 12.8. The van der Waals surface area contributed by atoms with E-state index < -0.39 is 0 Å². The van der Waals surface area contributed by atoms with Gasteiger partial charge < -0.3 is 14.1 Å². The second kappa shape index (κ2) is 11.1. The fraction of sp³-hybridized carbons (Fsp3) is 0.0833. The first-order valence-electron chi connectivity index (χ1n) is 17.9. The molecule has 242 valence electrons. The molecule has 0 bridgehead atoms. The molecular formula is C48H33NO2. The van der Waals surface area contributed by atoms with Gasteiger partial charge in [0.15, 0.2) is 0 Å². The molecule has 2 unspecified atom stereocenters. The molecule has 3 heteroatoms. The number of aromatic nitrogens is 1. The van der Waals surface area contributed by atoms with Crippen LogP contribution in [0.1, 0.15) is 24.3 Å². The summed E-state index contributed by atoms with van der Waals surface area (Å²) < 4.78 is 13.7. The van der Waals surface area contributed by atoms with E-state index in [1.54, 1.807) is 0 Å². The Kier molecular flexibility index (Phi) is 6.20. The molecule has 3 aliphatic rings. The normalized spacial score (nSPS) is 17.9. The van der Waals surface area contributed by atoms with Gasteiger partial charge in [0, 0.05) is 60.8 Å². The average Bonchev–Trinajstić information content (AvgIpc) is 3.89. The van der Waals surface area contributed by atoms with Gasteiger partial charge in [-0.1, -0.05) is 134 Å². The molecule has 3 nitrogen and oxygen atoms in total. The van der Waals surface area contributed by atoms with E-state index >= 15 is 0 Å². The van der Waals surface area contributed by atoms with Gasteiger partial charge in [0.25, 0.3) is 0 Å². The summed E-state index contributed by atoms with van der Waals surface area (Å²) in [5, 5.41) is 4.65. The first-order chi connectivity index (χ1) is 25.3. The van der Waals surface area contributed by atoms with E-state index in [2.05, 4.69) is 163 Å². The molecule has 8 aromatic rings. The highest BCUT2D eigenvalue weighted by atomic mass is 16.5. The first kappa shape index (κ1) is 28.5. The van der Waals surface area contributed by atoms with E-state index in [1.165, 1.54) is 27.5 Å². The Morgan fingerprint density at radius 2 is 1.25 bits per heavy atom. The number of benzene rings is 6. The van der Waals surface area contributed by atoms with Gasteiger partial charge in [0.2, 0.25) is 0 Å². The Morgan fingerprint density at radius 1 is 0.569 bits per heavy atom. The van der Waals surface area contributed by atoms with Crippen molar-refractivity contribution in [2.75, 3.05) is 0 Å². The van der Waals surface area contributed by atoms with Crippen LogP contribution in [0.25, 0.3) is 77.1 Å². The Bertz CT molecular complexity index is 2840. The molecule has 2 aromatic heterocycles. The SMILES string of the molecule is C1=CCCC(C2=CC=CC3c4cccc(-c5ccc6[nH]c7ccc(-c8cccc9c8oc8c(-c%10ccccc%10)cccc89)cc7c6c5)c4OC23)=C1. The number of rotatable bonds is 4. The van der Waals surface area contributed by atoms with Crippen LogP contribution in [0.4, 0.5) is 0 Å². The van der Waals surface area contributed by atoms with Gasteiger partial charge in [-0.25, -0.2) is 0 Å². The molecule has 0 spiro atoms. The summed E-state index contributed by atoms with van der Waals surface area (Å²) in [5.74, 6) is 1.22. The number of hydrogen-bond acceptors (Lipinski definition) is 2. The van der Waals surface area contributed by atoms with E-state index in [4.69, 9.17) is 9.15 Å². The van der Waals surface area contributed by atoms with Crippen molar-refractivity contribution in [3.63, 3.8) is 0 Å². The largest absolute Gasteiger partial charge is 0.484 e. The monoisotopic (exact) mass is 655 g/mol. The standard InChI is InChI=1S/C48H33NO2/c1-3-11-29(12-4-1)33-15-7-19-37-39-21-9-17-35(47(39)50-45(33)37)31-23-25-43-41(27-31)42-28-32(24-26-44(42)49-43)36-18-10-22-40-38-20-8-16-34(46(38)51-48(36)40)30-13-5-2-6-14-30/h1-5,7-13,15-28,38,46,49H,6,14H2. The van der Waals surface area contributed by atoms with Crippen LogP contribution in [0.2, 0.25) is 0 Å². The summed E-state index contributed by atoms with van der Waals surface area (Å²) in [7, 11) is 0. The summed E-state index contributed by atoms with van der Waals surface area (Å²) >= 11 is 0. The average molecular weight is 656 g/mol. The molecule has 1 N–H and O–H groups in total. The van der Waals surface area contributed by atoms with E-state index in [1.807, 2.05) is 0 Å². The lowest BCUT2D eigenvalue weighted by atomic mass is 9.82. The molecule has 51 heavy (non-hydrogen) atoms. The number of fused-ring (bicyclic) bond motifs is 9. The fourth-order valence-electron chi connectivity index (χ4n) is 8.63. The van der Waals surface area contributed by atoms with Crippen LogP contribution >= 0.6 is 0 Å². The maximum Gasteiger partial charge on any atom is 0.143 e. The van der Waals surface area contributed by atoms with Crippen LogP contribution in [0.5, 0.6) is 5.75 Å². The van der Waals surface area contributed by atoms with Crippen molar-refractivity contribution in [2.24, 2.45) is 0 Å². The fourth-order valence-corrected chi connectivity index (χ4v) is 8.63. The number of hydrogen-bond donors (Lipinski definition) is 1. The second-order valence-electron chi connectivity index (χ2n) is 13.9. The van der Waals surface area contributed by atoms with Crippen molar-refractivity contribution in [1.82, 2.24) is 4.98 Å². The van der Waals surface area contributed by atoms with Crippen molar-refractivity contribution in [3.8, 4) is 39.1 Å². The lowest BCUT2D eigenvalue weighted by Crippen LogP contribution is -2.23. The topological polar surface area (TPSA) is 38.2 Å². The van der Waals surface area contributed by atoms with Gasteiger partial charge in [0.1, 0.15) is 23.0 Å². The zero-order valence-electron chi connectivity index (χ0n) is 27.9. The van der Waals surface area contributed by atoms with Gasteiger partial charge in [-0.15, -0.1) is 0 Å². The number of aromatic amines is 1. The van der Waals surface area contributed by atoms with Crippen molar-refractivity contribution < 1.29 is 9.15 Å². The molecule has 0 fully saturated rings. The summed E-state index contributed by atoms with van der Waals surface area (Å²) in [6.45, 7) is 0. The lowest BCUT2D eigenvalue weighted by Gasteiger charge is -2.25. The molecule has 0 saturated carbocycles. The minimum Gasteiger partial charge on any atom is -0.484 e. The van der Waals surface area contributed by atoms with Crippen LogP contribution in [0.3, 0.4) is 0 Å². The highest BCUT2D eigenvalue weighted by Crippen LogP contribution is 2.50. The number of ether oxygens (including phenoxy) is 1. The third-order valence-corrected chi connectivity index (χ3v) is 11.1. The quantitative estimate of drug-likeness (QED) is 0.205. The third-order valence-electron chi connectivity index (χ3n) is 11.1. The number of allylic oxidation sites excluding steroid dienone is 5. The number of furan rings is 1. The predicted molar refractivity (Wildman–Crippen MR) is 210 cm³/mol. The zero-order valence-corrected chi connectivity index (χ0v) is 27.9. The molecule has 2 atom stereocenters. The summed E-state index contributed by atoms with van der Waals surface area (Å²) in [5.41, 5.74) is 14.8. The first-order valence-corrected chi connectivity index (χ1v) is 17.9. The van der Waals surface area contributed by atoms with Crippen LogP contribution in [-0.4, -0.2) is 11.1 Å². The van der Waals surface area contributed by atoms with Crippen LogP contribution in [0.15, 0.2) is 173 Å². The Morgan fingerprint density at radius 3 is 1.98 bits per heavy atom. The van der Waals surface area contributed by atoms with E-state index in [0.29, 0.717) is 0 Å². The Hall–Kier alpha value is -6.32. The Labute approximate surface area is 295 Å². The minimum absolute atomic E-state index is 0.00741. The maximum absolute atomic E-state index is 6.92. The molecule has 11 rings (SSSR count). The van der Waals surface area contributed by atoms with Crippen molar-refractivity contribution in [2.45, 2.75) is 24.9 Å². The highest BCUT2D eigenvalue weighted by Gasteiger charge is 2.38. The smallest absolute Gasteiger partial charge is 0.143 e. The second-order valence-corrected chi connectivity index (χ2v) is 13.9. The molecule has 0 radical (unpaired) electrons. The van der Waals surface area contributed by atoms with E-state index in [9.17, 15) is 0 Å². The number of H-pyrrole nitrogens is 1. The molecule has 0 amide bonds. The molecule has 2 aliphatic carbocycles. The lowest BCUT2D eigenvalue weighted by molar-refractivity contribution is 0.258. The van der Waals surface area contributed by atoms with Crippen molar-refractivity contribution >= 4 is 43.7 Å². The summed E-state index contributed by atoms with van der Waals surface area (Å²) in [6, 6.07) is 43.5. The van der Waals surface area contributed by atoms with Crippen molar-refractivity contribution in [1.29, 1.82) is 0 Å². The van der Waals surface area contributed by atoms with Crippen molar-refractivity contribution in [3.05, 3.63) is 174 Å². The molecule has 6 aromatic carbocycles. The van der Waals surface area contributed by atoms with E-state index in [0.717, 1.165) is 84.9 Å². The summed E-state index contributed by atoms with van der Waals surface area (Å²) in [4.78, 5) is 3.67. The summed E-state index contributed by atoms with van der Waals surface area (Å²) in [6.07, 6.45) is 15.6. The van der Waals surface area contributed by atoms with Crippen LogP contribution < -0.4 is 4.74 Å². The molecular weight excluding hydrogens is 623 g/mol. The van der Waals surface area contributed by atoms with Gasteiger partial charge in [0.05, 0.1) is 0 Å². The molecule has 1 aliphatic heterocycles. The molecule has 0 saturated heterocycles. The molecule has 3 heterocycles. The van der Waals surface area contributed by atoms with Gasteiger partial charge in [-0.2, -0.15) is 0 Å². The van der Waals surface area contributed by atoms with Crippen LogP contribution in [0, 0.1) is 0 Å². The Balaban J connectivity index is 1.02. The number of nitrogens with one attached hydrogen (secondary N) is 1. The van der Waals surface area contributed by atoms with Gasteiger partial charge in [-0.05, 0) is 64.9 Å². The third kappa shape index (κ3) is 4.38. The van der Waals surface area contributed by atoms with Gasteiger partial charge in [-0.3, -0.25) is 0 Å².